The van der Waals surface area contributed by atoms with Crippen molar-refractivity contribution in [2.45, 2.75) is 49.8 Å². The summed E-state index contributed by atoms with van der Waals surface area (Å²) >= 11 is 8.46. The molecule has 1 fully saturated rings. The number of para-hydroxylation sites is 1. The lowest BCUT2D eigenvalue weighted by molar-refractivity contribution is -0.157. The van der Waals surface area contributed by atoms with Crippen LogP contribution in [0.25, 0.3) is 0 Å². The van der Waals surface area contributed by atoms with Crippen LogP contribution < -0.4 is 10.6 Å². The summed E-state index contributed by atoms with van der Waals surface area (Å²) in [6.07, 6.45) is 0. The maximum Gasteiger partial charge on any atom is 0.324 e. The fourth-order valence-electron chi connectivity index (χ4n) is 4.99. The van der Waals surface area contributed by atoms with Crippen LogP contribution in [0.1, 0.15) is 48.9 Å². The SMILES string of the molecule is CC(C)(C)OC(=O)[C@H]1N[C@H](c2ccc(Br)s2)[C@]2(C(=O)Nc3ccccc32)[C@@H]1c1ccc(Br)o1. The number of rotatable bonds is 3. The number of amides is 1. The molecule has 3 aromatic rings. The van der Waals surface area contributed by atoms with Gasteiger partial charge in [0.05, 0.1) is 15.7 Å². The number of anilines is 1. The molecular formula is C24H22Br2N2O4S. The van der Waals surface area contributed by atoms with Crippen LogP contribution >= 0.6 is 43.2 Å². The zero-order valence-electron chi connectivity index (χ0n) is 18.1. The van der Waals surface area contributed by atoms with Crippen molar-refractivity contribution in [3.05, 3.63) is 73.2 Å². The average Bonchev–Trinajstić information content (AvgIpc) is 3.48. The lowest BCUT2D eigenvalue weighted by Gasteiger charge is -2.33. The van der Waals surface area contributed by atoms with E-state index in [1.807, 2.05) is 63.2 Å². The molecule has 5 rings (SSSR count). The number of benzene rings is 1. The quantitative estimate of drug-likeness (QED) is 0.370. The number of ether oxygens (including phenoxy) is 1. The molecule has 0 unspecified atom stereocenters. The van der Waals surface area contributed by atoms with Gasteiger partial charge in [0, 0.05) is 10.6 Å². The van der Waals surface area contributed by atoms with E-state index < -0.39 is 35.0 Å². The lowest BCUT2D eigenvalue weighted by atomic mass is 9.66. The molecule has 172 valence electrons. The first-order valence-corrected chi connectivity index (χ1v) is 12.9. The van der Waals surface area contributed by atoms with Crippen LogP contribution in [0, 0.1) is 0 Å². The largest absolute Gasteiger partial charge is 0.459 e. The summed E-state index contributed by atoms with van der Waals surface area (Å²) in [4.78, 5) is 28.4. The smallest absolute Gasteiger partial charge is 0.324 e. The molecule has 1 amide bonds. The molecule has 33 heavy (non-hydrogen) atoms. The highest BCUT2D eigenvalue weighted by molar-refractivity contribution is 9.11. The van der Waals surface area contributed by atoms with Gasteiger partial charge in [-0.05, 0) is 88.5 Å². The number of carbonyl (C=O) groups is 2. The van der Waals surface area contributed by atoms with Gasteiger partial charge in [0.2, 0.25) is 5.91 Å². The van der Waals surface area contributed by atoms with Crippen molar-refractivity contribution in [1.82, 2.24) is 5.32 Å². The standard InChI is InChI=1S/C24H22Br2N2O4S/c1-23(2,3)32-21(29)19-18(14-8-10-16(25)31-14)24(20(28-19)15-9-11-17(26)33-15)12-6-4-5-7-13(12)27-22(24)30/h4-11,18-20,28H,1-3H3,(H,27,30)/t18-,19+,20-,24-/m1/s1. The van der Waals surface area contributed by atoms with Crippen LogP contribution in [0.15, 0.2) is 61.4 Å². The molecular weight excluding hydrogens is 572 g/mol. The summed E-state index contributed by atoms with van der Waals surface area (Å²) < 4.78 is 13.3. The van der Waals surface area contributed by atoms with E-state index in [1.165, 1.54) is 11.3 Å². The predicted molar refractivity (Wildman–Crippen MR) is 133 cm³/mol. The zero-order valence-corrected chi connectivity index (χ0v) is 22.1. The first kappa shape index (κ1) is 22.8. The number of carbonyl (C=O) groups excluding carboxylic acids is 2. The Balaban J connectivity index is 1.76. The van der Waals surface area contributed by atoms with E-state index in [-0.39, 0.29) is 5.91 Å². The number of halogens is 2. The van der Waals surface area contributed by atoms with Gasteiger partial charge in [-0.1, -0.05) is 18.2 Å². The summed E-state index contributed by atoms with van der Waals surface area (Å²) in [5.74, 6) is -0.688. The highest BCUT2D eigenvalue weighted by atomic mass is 79.9. The molecule has 0 aliphatic carbocycles. The number of nitrogens with one attached hydrogen (secondary N) is 2. The molecule has 2 N–H and O–H groups in total. The lowest BCUT2D eigenvalue weighted by Crippen LogP contribution is -2.44. The first-order chi connectivity index (χ1) is 15.6. The minimum absolute atomic E-state index is 0.172. The molecule has 0 saturated carbocycles. The first-order valence-electron chi connectivity index (χ1n) is 10.5. The maximum atomic E-state index is 13.9. The summed E-state index contributed by atoms with van der Waals surface area (Å²) in [6.45, 7) is 5.50. The Hall–Kier alpha value is -1.94. The van der Waals surface area contributed by atoms with Gasteiger partial charge in [0.25, 0.3) is 0 Å². The van der Waals surface area contributed by atoms with Crippen LogP contribution in [0.2, 0.25) is 0 Å². The van der Waals surface area contributed by atoms with Crippen molar-refractivity contribution in [2.75, 3.05) is 5.32 Å². The van der Waals surface area contributed by atoms with Gasteiger partial charge in [0.1, 0.15) is 22.8 Å². The van der Waals surface area contributed by atoms with E-state index in [0.29, 0.717) is 10.4 Å². The van der Waals surface area contributed by atoms with Gasteiger partial charge >= 0.3 is 5.97 Å². The average molecular weight is 594 g/mol. The Labute approximate surface area is 212 Å². The van der Waals surface area contributed by atoms with Crippen molar-refractivity contribution in [2.24, 2.45) is 0 Å². The normalized spacial score (nSPS) is 26.5. The zero-order chi connectivity index (χ0) is 23.5. The summed E-state index contributed by atoms with van der Waals surface area (Å²) in [6, 6.07) is 13.9. The van der Waals surface area contributed by atoms with E-state index in [4.69, 9.17) is 9.15 Å². The second-order valence-electron chi connectivity index (χ2n) is 9.24. The second-order valence-corrected chi connectivity index (χ2v) is 12.5. The Bertz CT molecular complexity index is 1250. The molecule has 1 spiro atoms. The van der Waals surface area contributed by atoms with Crippen LogP contribution in [-0.4, -0.2) is 23.5 Å². The Morgan fingerprint density at radius 1 is 1.12 bits per heavy atom. The van der Waals surface area contributed by atoms with Crippen molar-refractivity contribution >= 4 is 60.8 Å². The highest BCUT2D eigenvalue weighted by Gasteiger charge is 2.67. The fourth-order valence-corrected chi connectivity index (χ4v) is 6.87. The Morgan fingerprint density at radius 2 is 1.88 bits per heavy atom. The van der Waals surface area contributed by atoms with Crippen LogP contribution in [0.5, 0.6) is 0 Å². The molecule has 1 saturated heterocycles. The number of furan rings is 1. The van der Waals surface area contributed by atoms with Crippen molar-refractivity contribution in [3.63, 3.8) is 0 Å². The van der Waals surface area contributed by atoms with Crippen molar-refractivity contribution in [1.29, 1.82) is 0 Å². The summed E-state index contributed by atoms with van der Waals surface area (Å²) in [5.41, 5.74) is -0.217. The van der Waals surface area contributed by atoms with E-state index in [2.05, 4.69) is 42.5 Å². The molecule has 0 bridgehead atoms. The monoisotopic (exact) mass is 592 g/mol. The maximum absolute atomic E-state index is 13.9. The fraction of sp³-hybridized carbons (Fsp3) is 0.333. The van der Waals surface area contributed by atoms with Gasteiger partial charge in [-0.15, -0.1) is 11.3 Å². The van der Waals surface area contributed by atoms with E-state index >= 15 is 0 Å². The van der Waals surface area contributed by atoms with Gasteiger partial charge in [-0.2, -0.15) is 0 Å². The third-order valence-corrected chi connectivity index (χ3v) is 8.18. The topological polar surface area (TPSA) is 80.6 Å². The predicted octanol–water partition coefficient (Wildman–Crippen LogP) is 5.89. The highest BCUT2D eigenvalue weighted by Crippen LogP contribution is 2.60. The van der Waals surface area contributed by atoms with Crippen molar-refractivity contribution in [3.8, 4) is 0 Å². The minimum atomic E-state index is -1.11. The number of thiophene rings is 1. The third-order valence-electron chi connectivity index (χ3n) is 6.06. The molecule has 4 atom stereocenters. The third kappa shape index (κ3) is 3.69. The Morgan fingerprint density at radius 3 is 2.52 bits per heavy atom. The summed E-state index contributed by atoms with van der Waals surface area (Å²) in [7, 11) is 0. The minimum Gasteiger partial charge on any atom is -0.459 e. The van der Waals surface area contributed by atoms with E-state index in [1.54, 1.807) is 6.07 Å². The molecule has 9 heteroatoms. The van der Waals surface area contributed by atoms with Crippen LogP contribution in [0.4, 0.5) is 5.69 Å². The second kappa shape index (κ2) is 8.08. The molecule has 2 aliphatic heterocycles. The van der Waals surface area contributed by atoms with Gasteiger partial charge in [-0.3, -0.25) is 14.9 Å². The van der Waals surface area contributed by atoms with Crippen LogP contribution in [0.3, 0.4) is 0 Å². The van der Waals surface area contributed by atoms with Gasteiger partial charge in [0.15, 0.2) is 4.67 Å². The van der Waals surface area contributed by atoms with Crippen molar-refractivity contribution < 1.29 is 18.7 Å². The van der Waals surface area contributed by atoms with Gasteiger partial charge in [-0.25, -0.2) is 0 Å². The van der Waals surface area contributed by atoms with E-state index in [9.17, 15) is 9.59 Å². The molecule has 6 nitrogen and oxygen atoms in total. The molecule has 4 heterocycles. The Kier molecular flexibility index (Phi) is 5.59. The molecule has 1 aromatic carbocycles. The molecule has 2 aromatic heterocycles. The molecule has 2 aliphatic rings. The van der Waals surface area contributed by atoms with E-state index in [0.717, 1.165) is 19.9 Å². The number of fused-ring (bicyclic) bond motifs is 2. The number of hydrogen-bond acceptors (Lipinski definition) is 6. The number of hydrogen-bond donors (Lipinski definition) is 2. The van der Waals surface area contributed by atoms with Gasteiger partial charge < -0.3 is 14.5 Å². The summed E-state index contributed by atoms with van der Waals surface area (Å²) in [5, 5.41) is 6.54. The van der Waals surface area contributed by atoms with Crippen LogP contribution in [-0.2, 0) is 19.7 Å². The number of esters is 1. The molecule has 0 radical (unpaired) electrons.